The molecule has 12 heavy (non-hydrogen) atoms. The third-order valence-electron chi connectivity index (χ3n) is 1.78. The van der Waals surface area contributed by atoms with Gasteiger partial charge in [0, 0.05) is 0 Å². The second kappa shape index (κ2) is 7.36. The quantitative estimate of drug-likeness (QED) is 0.444. The Labute approximate surface area is 91.5 Å². The molecule has 0 rings (SSSR count). The molecule has 0 aromatic heterocycles. The predicted octanol–water partition coefficient (Wildman–Crippen LogP) is 3.67. The summed E-state index contributed by atoms with van der Waals surface area (Å²) in [5.74, 6) is 1.34. The summed E-state index contributed by atoms with van der Waals surface area (Å²) in [6.45, 7) is 6.89. The summed E-state index contributed by atoms with van der Waals surface area (Å²) >= 11 is 4.36. The third kappa shape index (κ3) is 10.9. The van der Waals surface area contributed by atoms with Gasteiger partial charge < -0.3 is 0 Å². The molecule has 0 unspecified atom stereocenters. The number of rotatable bonds is 6. The second-order valence-electron chi connectivity index (χ2n) is 4.38. The molecule has 0 atom stereocenters. The first-order chi connectivity index (χ1) is 5.56. The summed E-state index contributed by atoms with van der Waals surface area (Å²) in [5.41, 5.74) is 0. The fourth-order valence-corrected chi connectivity index (χ4v) is 2.04. The molecule has 0 bridgehead atoms. The Morgan fingerprint density at radius 3 is 2.08 bits per heavy atom. The van der Waals surface area contributed by atoms with E-state index in [1.54, 1.807) is 0 Å². The molecule has 0 nitrogen and oxygen atoms in total. The maximum atomic E-state index is 2.30. The molecule has 0 aliphatic rings. The summed E-state index contributed by atoms with van der Waals surface area (Å²) in [4.78, 5) is 0. The van der Waals surface area contributed by atoms with Gasteiger partial charge in [0.2, 0.25) is 0 Å². The van der Waals surface area contributed by atoms with E-state index in [0.717, 1.165) is 0 Å². The zero-order valence-corrected chi connectivity index (χ0v) is 9.97. The molecule has 2 heteroatoms. The third-order valence-corrected chi connectivity index (χ3v) is 3.14. The van der Waals surface area contributed by atoms with E-state index in [4.69, 9.17) is 0 Å². The van der Waals surface area contributed by atoms with Gasteiger partial charge in [-0.3, -0.25) is 0 Å². The van der Waals surface area contributed by atoms with E-state index in [1.165, 1.54) is 36.5 Å². The van der Waals surface area contributed by atoms with Crippen molar-refractivity contribution in [2.24, 2.45) is 0 Å². The van der Waals surface area contributed by atoms with E-state index in [9.17, 15) is 0 Å². The number of thioether (sulfide) groups is 1. The summed E-state index contributed by atoms with van der Waals surface area (Å²) in [6.07, 6.45) is 5.68. The van der Waals surface area contributed by atoms with Crippen LogP contribution >= 0.6 is 11.8 Å². The zero-order chi connectivity index (χ0) is 9.45. The molecule has 0 N–H and O–H groups in total. The van der Waals surface area contributed by atoms with Gasteiger partial charge in [0.25, 0.3) is 0 Å². The molecule has 0 saturated heterocycles. The van der Waals surface area contributed by atoms with Crippen LogP contribution in [0, 0.1) is 0 Å². The Kier molecular flexibility index (Phi) is 7.94. The molecular weight excluding hydrogens is 159 g/mol. The van der Waals surface area contributed by atoms with Crippen molar-refractivity contribution in [1.29, 1.82) is 0 Å². The Bertz CT molecular complexity index is 96.5. The Morgan fingerprint density at radius 1 is 1.00 bits per heavy atom. The Hall–Kier alpha value is 0.947. The van der Waals surface area contributed by atoms with Gasteiger partial charge in [-0.2, -0.15) is 0 Å². The van der Waals surface area contributed by atoms with Crippen molar-refractivity contribution in [3.05, 3.63) is 0 Å². The molecule has 0 aliphatic carbocycles. The topological polar surface area (TPSA) is 0 Å². The van der Waals surface area contributed by atoms with E-state index in [0.29, 0.717) is 4.75 Å². The molecule has 0 saturated carbocycles. The molecule has 68 valence electrons. The van der Waals surface area contributed by atoms with Crippen LogP contribution in [-0.2, 0) is 0 Å². The van der Waals surface area contributed by atoms with Crippen LogP contribution in [0.5, 0.6) is 0 Å². The normalized spacial score (nSPS) is 12.1. The summed E-state index contributed by atoms with van der Waals surface area (Å²) in [7, 11) is 0. The van der Waals surface area contributed by atoms with Crippen LogP contribution < -0.4 is 0 Å². The molecule has 0 aromatic rings. The van der Waals surface area contributed by atoms with Gasteiger partial charge >= 0.3 is 91.5 Å². The first kappa shape index (κ1) is 12.9. The summed E-state index contributed by atoms with van der Waals surface area (Å²) in [6, 6.07) is 0. The number of unbranched alkanes of at least 4 members (excludes halogenated alkanes) is 3. The average Bonchev–Trinajstić information content (AvgIpc) is 1.94. The molecule has 0 heterocycles. The standard InChI is InChI=1S/C10H21S.Li/c1-5-6-7-8-9-11-10(2,3)4;/h1,5-9H2,2-4H3;. The van der Waals surface area contributed by atoms with Gasteiger partial charge in [-0.1, -0.05) is 0 Å². The van der Waals surface area contributed by atoms with Gasteiger partial charge in [0.05, 0.1) is 0 Å². The summed E-state index contributed by atoms with van der Waals surface area (Å²) < 4.78 is 0.463. The minimum atomic E-state index is 0.463. The van der Waals surface area contributed by atoms with Crippen molar-refractivity contribution in [2.75, 3.05) is 5.75 Å². The van der Waals surface area contributed by atoms with Crippen LogP contribution in [-0.4, -0.2) is 28.2 Å². The average molecular weight is 180 g/mol. The molecule has 0 spiro atoms. The monoisotopic (exact) mass is 180 g/mol. The first-order valence-corrected chi connectivity index (χ1v) is 6.19. The van der Waals surface area contributed by atoms with Gasteiger partial charge in [-0.15, -0.1) is 0 Å². The fourth-order valence-electron chi connectivity index (χ4n) is 1.08. The van der Waals surface area contributed by atoms with Crippen LogP contribution in [0.4, 0.5) is 0 Å². The molecule has 0 radical (unpaired) electrons. The van der Waals surface area contributed by atoms with Crippen LogP contribution in [0.15, 0.2) is 0 Å². The zero-order valence-electron chi connectivity index (χ0n) is 9.15. The molecule has 0 amide bonds. The SMILES string of the molecule is [Li][CH2]CCCCCSC(C)(C)C. The summed E-state index contributed by atoms with van der Waals surface area (Å²) in [5, 5.41) is 1.35. The van der Waals surface area contributed by atoms with E-state index in [1.807, 2.05) is 0 Å². The van der Waals surface area contributed by atoms with Crippen LogP contribution in [0.3, 0.4) is 0 Å². The van der Waals surface area contributed by atoms with Crippen molar-refractivity contribution < 1.29 is 0 Å². The number of hydrogen-bond donors (Lipinski definition) is 0. The fraction of sp³-hybridized carbons (Fsp3) is 1.00. The van der Waals surface area contributed by atoms with E-state index in [-0.39, 0.29) is 0 Å². The molecule has 0 fully saturated rings. The van der Waals surface area contributed by atoms with Crippen LogP contribution in [0.2, 0.25) is 5.09 Å². The van der Waals surface area contributed by atoms with E-state index < -0.39 is 0 Å². The minimum absolute atomic E-state index is 0.463. The van der Waals surface area contributed by atoms with Crippen molar-refractivity contribution in [1.82, 2.24) is 0 Å². The van der Waals surface area contributed by atoms with Gasteiger partial charge in [-0.25, -0.2) is 0 Å². The van der Waals surface area contributed by atoms with E-state index in [2.05, 4.69) is 50.2 Å². The van der Waals surface area contributed by atoms with Crippen LogP contribution in [0.1, 0.15) is 46.5 Å². The Balaban J connectivity index is 3.01. The molecular formula is C10H21LiS. The maximum absolute atomic E-state index is 2.30. The first-order valence-electron chi connectivity index (χ1n) is 5.20. The van der Waals surface area contributed by atoms with Crippen molar-refractivity contribution >= 4 is 29.5 Å². The molecule has 0 aliphatic heterocycles. The Morgan fingerprint density at radius 2 is 1.58 bits per heavy atom. The molecule has 0 aromatic carbocycles. The predicted molar refractivity (Wildman–Crippen MR) is 61.2 cm³/mol. The van der Waals surface area contributed by atoms with Crippen molar-refractivity contribution in [3.8, 4) is 0 Å². The van der Waals surface area contributed by atoms with Gasteiger partial charge in [0.15, 0.2) is 0 Å². The van der Waals surface area contributed by atoms with Gasteiger partial charge in [-0.05, 0) is 0 Å². The van der Waals surface area contributed by atoms with Crippen molar-refractivity contribution in [2.45, 2.75) is 56.3 Å². The van der Waals surface area contributed by atoms with Crippen molar-refractivity contribution in [3.63, 3.8) is 0 Å². The second-order valence-corrected chi connectivity index (χ2v) is 6.30. The van der Waals surface area contributed by atoms with E-state index >= 15 is 0 Å². The van der Waals surface area contributed by atoms with Crippen LogP contribution in [0.25, 0.3) is 0 Å². The van der Waals surface area contributed by atoms with Gasteiger partial charge in [0.1, 0.15) is 0 Å². The number of hydrogen-bond acceptors (Lipinski definition) is 1.